The van der Waals surface area contributed by atoms with E-state index < -0.39 is 9.84 Å². The molecule has 1 aromatic rings. The fourth-order valence-corrected chi connectivity index (χ4v) is 3.82. The highest BCUT2D eigenvalue weighted by molar-refractivity contribution is 7.91. The minimum atomic E-state index is -2.84. The van der Waals surface area contributed by atoms with E-state index in [1.54, 1.807) is 6.07 Å². The van der Waals surface area contributed by atoms with E-state index in [-0.39, 0.29) is 23.4 Å². The van der Waals surface area contributed by atoms with Gasteiger partial charge in [0.05, 0.1) is 11.5 Å². The van der Waals surface area contributed by atoms with Gasteiger partial charge in [-0.3, -0.25) is 0 Å². The maximum absolute atomic E-state index is 11.4. The van der Waals surface area contributed by atoms with E-state index in [0.29, 0.717) is 24.9 Å². The second-order valence-electron chi connectivity index (χ2n) is 4.95. The van der Waals surface area contributed by atoms with Crippen LogP contribution in [0.15, 0.2) is 29.4 Å². The second-order valence-corrected chi connectivity index (χ2v) is 7.25. The van der Waals surface area contributed by atoms with Crippen LogP contribution in [-0.4, -0.2) is 37.0 Å². The van der Waals surface area contributed by atoms with E-state index in [2.05, 4.69) is 10.5 Å². The third kappa shape index (κ3) is 3.71. The third-order valence-electron chi connectivity index (χ3n) is 3.54. The molecular weight excluding hydrogens is 278 g/mol. The molecule has 1 aliphatic rings. The van der Waals surface area contributed by atoms with Gasteiger partial charge in [-0.1, -0.05) is 29.4 Å². The highest BCUT2D eigenvalue weighted by Crippen LogP contribution is 2.14. The van der Waals surface area contributed by atoms with Crippen LogP contribution in [0.1, 0.15) is 24.0 Å². The van der Waals surface area contributed by atoms with E-state index in [9.17, 15) is 8.42 Å². The fraction of sp³-hybridized carbons (Fsp3) is 0.462. The Morgan fingerprint density at radius 3 is 2.65 bits per heavy atom. The van der Waals surface area contributed by atoms with Crippen LogP contribution in [0.25, 0.3) is 0 Å². The molecule has 1 saturated heterocycles. The highest BCUT2D eigenvalue weighted by atomic mass is 32.2. The number of nitrogens with two attached hydrogens (primary N) is 1. The topological polar surface area (TPSA) is 105 Å². The van der Waals surface area contributed by atoms with Crippen LogP contribution >= 0.6 is 0 Å². The number of hydrogen-bond acceptors (Lipinski definition) is 5. The molecule has 0 atom stereocenters. The number of oxime groups is 1. The van der Waals surface area contributed by atoms with E-state index in [1.807, 2.05) is 18.2 Å². The zero-order valence-corrected chi connectivity index (χ0v) is 11.9. The van der Waals surface area contributed by atoms with Gasteiger partial charge in [-0.2, -0.15) is 0 Å². The van der Waals surface area contributed by atoms with Gasteiger partial charge in [-0.25, -0.2) is 8.42 Å². The summed E-state index contributed by atoms with van der Waals surface area (Å²) in [6, 6.07) is 7.59. The number of nitrogens with zero attached hydrogens (tertiary/aromatic N) is 1. The SMILES string of the molecule is NC(=NO)c1ccccc1CNC1CCS(=O)(=O)CC1. The lowest BCUT2D eigenvalue weighted by atomic mass is 10.1. The van der Waals surface area contributed by atoms with Gasteiger partial charge in [0.1, 0.15) is 9.84 Å². The van der Waals surface area contributed by atoms with E-state index in [0.717, 1.165) is 5.56 Å². The third-order valence-corrected chi connectivity index (χ3v) is 5.25. The van der Waals surface area contributed by atoms with Crippen molar-refractivity contribution in [2.45, 2.75) is 25.4 Å². The molecule has 20 heavy (non-hydrogen) atoms. The molecule has 0 bridgehead atoms. The molecule has 0 radical (unpaired) electrons. The van der Waals surface area contributed by atoms with E-state index >= 15 is 0 Å². The van der Waals surface area contributed by atoms with Crippen LogP contribution < -0.4 is 11.1 Å². The largest absolute Gasteiger partial charge is 0.409 e. The van der Waals surface area contributed by atoms with Crippen molar-refractivity contribution in [3.8, 4) is 0 Å². The monoisotopic (exact) mass is 297 g/mol. The first-order valence-electron chi connectivity index (χ1n) is 6.51. The molecule has 1 aromatic carbocycles. The predicted octanol–water partition coefficient (Wildman–Crippen LogP) is 0.448. The Morgan fingerprint density at radius 1 is 1.35 bits per heavy atom. The van der Waals surface area contributed by atoms with Crippen LogP contribution in [-0.2, 0) is 16.4 Å². The van der Waals surface area contributed by atoms with Gasteiger partial charge < -0.3 is 16.3 Å². The van der Waals surface area contributed by atoms with Crippen molar-refractivity contribution in [1.82, 2.24) is 5.32 Å². The van der Waals surface area contributed by atoms with Crippen LogP contribution in [0.5, 0.6) is 0 Å². The van der Waals surface area contributed by atoms with E-state index in [4.69, 9.17) is 10.9 Å². The molecule has 0 spiro atoms. The van der Waals surface area contributed by atoms with Crippen molar-refractivity contribution in [2.24, 2.45) is 10.9 Å². The maximum atomic E-state index is 11.4. The Morgan fingerprint density at radius 2 is 2.00 bits per heavy atom. The Balaban J connectivity index is 1.98. The Labute approximate surface area is 118 Å². The zero-order chi connectivity index (χ0) is 14.6. The average molecular weight is 297 g/mol. The number of hydrogen-bond donors (Lipinski definition) is 3. The second kappa shape index (κ2) is 6.23. The predicted molar refractivity (Wildman–Crippen MR) is 77.5 cm³/mol. The molecule has 110 valence electrons. The van der Waals surface area contributed by atoms with Crippen LogP contribution in [0.4, 0.5) is 0 Å². The molecule has 1 aliphatic heterocycles. The molecule has 0 unspecified atom stereocenters. The standard InChI is InChI=1S/C13H19N3O3S/c14-13(16-17)12-4-2-1-3-10(12)9-15-11-5-7-20(18,19)8-6-11/h1-4,11,15,17H,5-9H2,(H2,14,16). The molecular formula is C13H19N3O3S. The first kappa shape index (κ1) is 14.8. The average Bonchev–Trinajstić information content (AvgIpc) is 2.45. The minimum Gasteiger partial charge on any atom is -0.409 e. The van der Waals surface area contributed by atoms with Gasteiger partial charge in [0, 0.05) is 18.2 Å². The Hall–Kier alpha value is -1.60. The van der Waals surface area contributed by atoms with E-state index in [1.165, 1.54) is 0 Å². The number of benzene rings is 1. The molecule has 6 nitrogen and oxygen atoms in total. The number of rotatable bonds is 4. The fourth-order valence-electron chi connectivity index (χ4n) is 2.33. The van der Waals surface area contributed by atoms with Crippen molar-refractivity contribution < 1.29 is 13.6 Å². The lowest BCUT2D eigenvalue weighted by molar-refractivity contribution is 0.318. The normalized spacial score (nSPS) is 19.9. The van der Waals surface area contributed by atoms with Gasteiger partial charge in [0.2, 0.25) is 0 Å². The Bertz CT molecular complexity index is 585. The molecule has 0 aromatic heterocycles. The summed E-state index contributed by atoms with van der Waals surface area (Å²) in [5, 5.41) is 15.1. The lowest BCUT2D eigenvalue weighted by Crippen LogP contribution is -2.37. The Kier molecular flexibility index (Phi) is 4.61. The number of sulfone groups is 1. The van der Waals surface area contributed by atoms with Gasteiger partial charge in [0.25, 0.3) is 0 Å². The van der Waals surface area contributed by atoms with Crippen molar-refractivity contribution in [1.29, 1.82) is 0 Å². The number of amidine groups is 1. The summed E-state index contributed by atoms with van der Waals surface area (Å²) in [5.74, 6) is 0.563. The van der Waals surface area contributed by atoms with Crippen molar-refractivity contribution in [3.05, 3.63) is 35.4 Å². The van der Waals surface area contributed by atoms with Gasteiger partial charge in [-0.15, -0.1) is 0 Å². The molecule has 0 saturated carbocycles. The van der Waals surface area contributed by atoms with Gasteiger partial charge in [-0.05, 0) is 18.4 Å². The van der Waals surface area contributed by atoms with Crippen molar-refractivity contribution in [3.63, 3.8) is 0 Å². The molecule has 2 rings (SSSR count). The summed E-state index contributed by atoms with van der Waals surface area (Å²) >= 11 is 0. The molecule has 0 aliphatic carbocycles. The quantitative estimate of drug-likeness (QED) is 0.324. The number of nitrogens with one attached hydrogen (secondary N) is 1. The highest BCUT2D eigenvalue weighted by Gasteiger charge is 2.23. The van der Waals surface area contributed by atoms with Crippen molar-refractivity contribution >= 4 is 15.7 Å². The minimum absolute atomic E-state index is 0.0774. The summed E-state index contributed by atoms with van der Waals surface area (Å²) in [6.07, 6.45) is 1.27. The zero-order valence-electron chi connectivity index (χ0n) is 11.1. The summed E-state index contributed by atoms with van der Waals surface area (Å²) in [4.78, 5) is 0. The molecule has 4 N–H and O–H groups in total. The van der Waals surface area contributed by atoms with Crippen LogP contribution in [0.3, 0.4) is 0 Å². The maximum Gasteiger partial charge on any atom is 0.170 e. The van der Waals surface area contributed by atoms with Crippen LogP contribution in [0.2, 0.25) is 0 Å². The first-order valence-corrected chi connectivity index (χ1v) is 8.33. The summed E-state index contributed by atoms with van der Waals surface area (Å²) in [7, 11) is -2.84. The molecule has 0 amide bonds. The summed E-state index contributed by atoms with van der Waals surface area (Å²) in [5.41, 5.74) is 7.25. The first-order chi connectivity index (χ1) is 9.52. The molecule has 1 heterocycles. The van der Waals surface area contributed by atoms with Crippen molar-refractivity contribution in [2.75, 3.05) is 11.5 Å². The van der Waals surface area contributed by atoms with Crippen LogP contribution in [0, 0.1) is 0 Å². The van der Waals surface area contributed by atoms with Gasteiger partial charge >= 0.3 is 0 Å². The summed E-state index contributed by atoms with van der Waals surface area (Å²) in [6.45, 7) is 0.567. The molecule has 7 heteroatoms. The lowest BCUT2D eigenvalue weighted by Gasteiger charge is -2.23. The molecule has 1 fully saturated rings. The smallest absolute Gasteiger partial charge is 0.170 e. The van der Waals surface area contributed by atoms with Gasteiger partial charge in [0.15, 0.2) is 5.84 Å². The summed E-state index contributed by atoms with van der Waals surface area (Å²) < 4.78 is 22.7.